The molecule has 2 N–H and O–H groups in total. The second-order valence-corrected chi connectivity index (χ2v) is 6.53. The van der Waals surface area contributed by atoms with Crippen molar-refractivity contribution in [2.45, 2.75) is 38.3 Å². The molecule has 0 unspecified atom stereocenters. The van der Waals surface area contributed by atoms with Gasteiger partial charge in [0.25, 0.3) is 5.91 Å². The first-order chi connectivity index (χ1) is 11.5. The maximum atomic E-state index is 12.9. The van der Waals surface area contributed by atoms with Crippen LogP contribution in [0.1, 0.15) is 41.0 Å². The fourth-order valence-corrected chi connectivity index (χ4v) is 3.67. The van der Waals surface area contributed by atoms with E-state index in [1.807, 2.05) is 4.57 Å². The Morgan fingerprint density at radius 3 is 2.92 bits per heavy atom. The number of carbonyl (C=O) groups is 2. The minimum absolute atomic E-state index is 0.139. The van der Waals surface area contributed by atoms with E-state index in [1.165, 1.54) is 0 Å². The number of rotatable bonds is 3. The molecule has 128 valence electrons. The van der Waals surface area contributed by atoms with Crippen molar-refractivity contribution in [2.75, 3.05) is 20.1 Å². The predicted molar refractivity (Wildman–Crippen MR) is 86.2 cm³/mol. The van der Waals surface area contributed by atoms with Crippen molar-refractivity contribution >= 4 is 11.8 Å². The number of nitriles is 1. The Balaban J connectivity index is 1.79. The van der Waals surface area contributed by atoms with Crippen LogP contribution in [0.25, 0.3) is 0 Å². The van der Waals surface area contributed by atoms with E-state index in [2.05, 4.69) is 11.4 Å². The van der Waals surface area contributed by atoms with Gasteiger partial charge in [0.15, 0.2) is 0 Å². The van der Waals surface area contributed by atoms with Gasteiger partial charge in [-0.3, -0.25) is 9.59 Å². The number of nitrogens with one attached hydrogen (secondary N) is 1. The van der Waals surface area contributed by atoms with Crippen LogP contribution in [0.2, 0.25) is 0 Å². The first-order valence-electron chi connectivity index (χ1n) is 8.35. The zero-order valence-corrected chi connectivity index (χ0v) is 13.8. The van der Waals surface area contributed by atoms with Crippen molar-refractivity contribution in [3.8, 4) is 6.07 Å². The molecule has 0 bridgehead atoms. The average molecular weight is 330 g/mol. The second kappa shape index (κ2) is 6.65. The van der Waals surface area contributed by atoms with Crippen molar-refractivity contribution < 1.29 is 14.7 Å². The topological polar surface area (TPSA) is 98.4 Å². The van der Waals surface area contributed by atoms with Crippen LogP contribution in [0.3, 0.4) is 0 Å². The minimum Gasteiger partial charge on any atom is -0.391 e. The molecule has 0 saturated carbocycles. The number of aliphatic hydroxyl groups excluding tert-OH is 1. The Morgan fingerprint density at radius 2 is 2.21 bits per heavy atom. The van der Waals surface area contributed by atoms with Gasteiger partial charge in [-0.05, 0) is 25.3 Å². The number of β-amino-alcohol motifs (C(OH)–C–C–N with tert-alkyl or cyclic N) is 1. The van der Waals surface area contributed by atoms with Crippen molar-refractivity contribution in [2.24, 2.45) is 5.92 Å². The molecule has 1 aromatic heterocycles. The molecular formula is C17H22N4O3. The van der Waals surface area contributed by atoms with Gasteiger partial charge >= 0.3 is 0 Å². The lowest BCUT2D eigenvalue weighted by Gasteiger charge is -2.21. The molecule has 0 spiro atoms. The number of amides is 2. The van der Waals surface area contributed by atoms with E-state index < -0.39 is 6.10 Å². The molecule has 24 heavy (non-hydrogen) atoms. The minimum atomic E-state index is -0.697. The number of fused-ring (bicyclic) bond motifs is 1. The number of likely N-dealkylation sites (tertiary alicyclic amines) is 1. The van der Waals surface area contributed by atoms with E-state index in [-0.39, 0.29) is 30.7 Å². The average Bonchev–Trinajstić information content (AvgIpc) is 3.15. The Kier molecular flexibility index (Phi) is 4.58. The van der Waals surface area contributed by atoms with Gasteiger partial charge in [-0.2, -0.15) is 5.26 Å². The maximum absolute atomic E-state index is 12.9. The van der Waals surface area contributed by atoms with Gasteiger partial charge in [-0.15, -0.1) is 0 Å². The third-order valence-corrected chi connectivity index (χ3v) is 5.01. The summed E-state index contributed by atoms with van der Waals surface area (Å²) in [5.74, 6) is -0.557. The molecule has 7 nitrogen and oxygen atoms in total. The van der Waals surface area contributed by atoms with Crippen LogP contribution >= 0.6 is 0 Å². The third-order valence-electron chi connectivity index (χ3n) is 5.01. The summed E-state index contributed by atoms with van der Waals surface area (Å²) in [4.78, 5) is 26.0. The first kappa shape index (κ1) is 16.5. The number of aliphatic hydroxyl groups is 1. The monoisotopic (exact) mass is 330 g/mol. The van der Waals surface area contributed by atoms with Crippen LogP contribution < -0.4 is 5.32 Å². The molecule has 2 aliphatic rings. The Hall–Kier alpha value is -2.33. The van der Waals surface area contributed by atoms with Gasteiger partial charge in [0.1, 0.15) is 11.8 Å². The Bertz CT molecular complexity index is 703. The van der Waals surface area contributed by atoms with Crippen LogP contribution in [-0.4, -0.2) is 52.6 Å². The maximum Gasteiger partial charge on any atom is 0.270 e. The summed E-state index contributed by atoms with van der Waals surface area (Å²) >= 11 is 0. The first-order valence-corrected chi connectivity index (χ1v) is 8.35. The van der Waals surface area contributed by atoms with Crippen LogP contribution in [0.15, 0.2) is 6.07 Å². The van der Waals surface area contributed by atoms with Gasteiger partial charge in [-0.25, -0.2) is 0 Å². The van der Waals surface area contributed by atoms with Crippen molar-refractivity contribution in [3.63, 3.8) is 0 Å². The van der Waals surface area contributed by atoms with Crippen molar-refractivity contribution in [3.05, 3.63) is 23.0 Å². The summed E-state index contributed by atoms with van der Waals surface area (Å²) < 4.78 is 1.95. The highest BCUT2D eigenvalue weighted by atomic mass is 16.3. The summed E-state index contributed by atoms with van der Waals surface area (Å²) in [5, 5.41) is 22.0. The summed E-state index contributed by atoms with van der Waals surface area (Å²) in [6.45, 7) is 1.33. The van der Waals surface area contributed by atoms with Gasteiger partial charge in [0.05, 0.1) is 11.7 Å². The number of nitrogens with zero attached hydrogens (tertiary/aromatic N) is 3. The lowest BCUT2D eigenvalue weighted by Crippen LogP contribution is -2.32. The number of aromatic nitrogens is 1. The molecule has 0 radical (unpaired) electrons. The highest BCUT2D eigenvalue weighted by Gasteiger charge is 2.37. The standard InChI is InChI=1S/C17H22N4O3/c1-19-16(23)7-12-9-20(10-15(12)22)17(24)14-6-11(8-18)13-4-2-3-5-21(13)14/h6,12,15,22H,2-5,7,9-10H2,1H3,(H,19,23)/t12-,15-/m1/s1. The van der Waals surface area contributed by atoms with Crippen molar-refractivity contribution in [1.82, 2.24) is 14.8 Å². The van der Waals surface area contributed by atoms with Gasteiger partial charge < -0.3 is 19.9 Å². The zero-order valence-electron chi connectivity index (χ0n) is 13.8. The summed E-state index contributed by atoms with van der Waals surface area (Å²) in [6.07, 6.45) is 2.35. The molecule has 2 amide bonds. The van der Waals surface area contributed by atoms with Crippen molar-refractivity contribution in [1.29, 1.82) is 5.26 Å². The summed E-state index contributed by atoms with van der Waals surface area (Å²) in [6, 6.07) is 3.85. The zero-order chi connectivity index (χ0) is 17.3. The summed E-state index contributed by atoms with van der Waals surface area (Å²) in [7, 11) is 1.56. The van der Waals surface area contributed by atoms with Crippen LogP contribution in [0.5, 0.6) is 0 Å². The Labute approximate surface area is 140 Å². The molecule has 0 aromatic carbocycles. The quantitative estimate of drug-likeness (QED) is 0.831. The molecular weight excluding hydrogens is 308 g/mol. The van der Waals surface area contributed by atoms with E-state index >= 15 is 0 Å². The van der Waals surface area contributed by atoms with Gasteiger partial charge in [-0.1, -0.05) is 0 Å². The largest absolute Gasteiger partial charge is 0.391 e. The van der Waals surface area contributed by atoms with E-state index in [1.54, 1.807) is 18.0 Å². The molecule has 2 atom stereocenters. The highest BCUT2D eigenvalue weighted by Crippen LogP contribution is 2.27. The molecule has 2 aliphatic heterocycles. The van der Waals surface area contributed by atoms with E-state index in [0.29, 0.717) is 17.8 Å². The molecule has 1 saturated heterocycles. The fourth-order valence-electron chi connectivity index (χ4n) is 3.67. The predicted octanol–water partition coefficient (Wildman–Crippen LogP) is 0.265. The number of hydrogen-bond donors (Lipinski definition) is 2. The lowest BCUT2D eigenvalue weighted by molar-refractivity contribution is -0.122. The molecule has 3 rings (SSSR count). The SMILES string of the molecule is CNC(=O)C[C@@H]1CN(C(=O)c2cc(C#N)c3n2CCCC3)C[C@H]1O. The Morgan fingerprint density at radius 1 is 1.42 bits per heavy atom. The summed E-state index contributed by atoms with van der Waals surface area (Å²) in [5.41, 5.74) is 2.03. The molecule has 1 fully saturated rings. The lowest BCUT2D eigenvalue weighted by atomic mass is 10.0. The normalized spacial score (nSPS) is 22.8. The van der Waals surface area contributed by atoms with Gasteiger partial charge in [0, 0.05) is 44.7 Å². The molecule has 0 aliphatic carbocycles. The number of hydrogen-bond acceptors (Lipinski definition) is 4. The second-order valence-electron chi connectivity index (χ2n) is 6.53. The van der Waals surface area contributed by atoms with Crippen LogP contribution in [0.4, 0.5) is 0 Å². The third kappa shape index (κ3) is 2.89. The highest BCUT2D eigenvalue weighted by molar-refractivity contribution is 5.94. The van der Waals surface area contributed by atoms with Gasteiger partial charge in [0.2, 0.25) is 5.91 Å². The van der Waals surface area contributed by atoms with E-state index in [0.717, 1.165) is 31.5 Å². The number of carbonyl (C=O) groups excluding carboxylic acids is 2. The molecule has 1 aromatic rings. The molecule has 7 heteroatoms. The van der Waals surface area contributed by atoms with E-state index in [4.69, 9.17) is 0 Å². The molecule has 3 heterocycles. The van der Waals surface area contributed by atoms with E-state index in [9.17, 15) is 20.0 Å². The smallest absolute Gasteiger partial charge is 0.270 e. The fraction of sp³-hybridized carbons (Fsp3) is 0.588. The van der Waals surface area contributed by atoms with Crippen LogP contribution in [-0.2, 0) is 17.8 Å². The van der Waals surface area contributed by atoms with Crippen LogP contribution in [0, 0.1) is 17.2 Å².